The monoisotopic (exact) mass is 367 g/mol. The predicted octanol–water partition coefficient (Wildman–Crippen LogP) is 2.41. The highest BCUT2D eigenvalue weighted by Crippen LogP contribution is 2.70. The summed E-state index contributed by atoms with van der Waals surface area (Å²) in [5.74, 6) is 2.32. The summed E-state index contributed by atoms with van der Waals surface area (Å²) in [5, 5.41) is 9.04. The first kappa shape index (κ1) is 18.4. The molecule has 3 aliphatic carbocycles. The van der Waals surface area contributed by atoms with Crippen molar-refractivity contribution in [1.29, 1.82) is 0 Å². The van der Waals surface area contributed by atoms with E-state index in [1.807, 2.05) is 0 Å². The zero-order valence-electron chi connectivity index (χ0n) is 14.0. The number of rotatable bonds is 4. The molecule has 0 unspecified atom stereocenters. The average Bonchev–Trinajstić information content (AvgIpc) is 2.75. The summed E-state index contributed by atoms with van der Waals surface area (Å²) in [5.41, 5.74) is 5.87. The quantitative estimate of drug-likeness (QED) is 0.703. The molecule has 0 aliphatic heterocycles. The second-order valence-corrected chi connectivity index (χ2v) is 9.01. The van der Waals surface area contributed by atoms with Crippen molar-refractivity contribution in [1.82, 2.24) is 0 Å². The maximum atomic E-state index is 11.0. The molecule has 3 fully saturated rings. The lowest BCUT2D eigenvalue weighted by atomic mass is 9.45. The summed E-state index contributed by atoms with van der Waals surface area (Å²) in [4.78, 5) is 10.9. The van der Waals surface area contributed by atoms with Gasteiger partial charge in [0, 0.05) is 0 Å². The zero-order chi connectivity index (χ0) is 18.2. The Morgan fingerprint density at radius 1 is 1.16 bits per heavy atom. The van der Waals surface area contributed by atoms with Crippen LogP contribution in [-0.2, 0) is 14.9 Å². The number of aliphatic carboxylic acids is 1. The third kappa shape index (κ3) is 3.32. The van der Waals surface area contributed by atoms with Gasteiger partial charge in [0.25, 0.3) is 10.1 Å². The lowest BCUT2D eigenvalue weighted by Crippen LogP contribution is -2.59. The molecule has 7 heteroatoms. The van der Waals surface area contributed by atoms with Crippen LogP contribution in [0.5, 0.6) is 0 Å². The second kappa shape index (κ2) is 6.70. The second-order valence-electron chi connectivity index (χ2n) is 7.59. The molecule has 0 saturated heterocycles. The average molecular weight is 367 g/mol. The van der Waals surface area contributed by atoms with E-state index in [2.05, 4.69) is 0 Å². The van der Waals surface area contributed by atoms with Crippen molar-refractivity contribution in [2.24, 2.45) is 34.8 Å². The van der Waals surface area contributed by atoms with Crippen LogP contribution in [0.3, 0.4) is 0 Å². The Balaban J connectivity index is 0.000000160. The van der Waals surface area contributed by atoms with E-state index < -0.39 is 16.1 Å². The molecule has 138 valence electrons. The summed E-state index contributed by atoms with van der Waals surface area (Å²) >= 11 is 0. The molecule has 3 aliphatic rings. The molecule has 25 heavy (non-hydrogen) atoms. The van der Waals surface area contributed by atoms with Crippen molar-refractivity contribution in [3.63, 3.8) is 0 Å². The minimum absolute atomic E-state index is 0.0260. The van der Waals surface area contributed by atoms with Crippen molar-refractivity contribution >= 4 is 16.1 Å². The molecule has 0 amide bonds. The van der Waals surface area contributed by atoms with Gasteiger partial charge in [-0.1, -0.05) is 24.6 Å². The summed E-state index contributed by atoms with van der Waals surface area (Å²) in [6, 6.07) is 7.42. The third-order valence-electron chi connectivity index (χ3n) is 6.49. The van der Waals surface area contributed by atoms with E-state index in [0.717, 1.165) is 11.8 Å². The van der Waals surface area contributed by atoms with Gasteiger partial charge >= 0.3 is 5.97 Å². The van der Waals surface area contributed by atoms with Gasteiger partial charge in [-0.25, -0.2) is 0 Å². The minimum atomic E-state index is -4.00. The number of hydrogen-bond acceptors (Lipinski definition) is 4. The van der Waals surface area contributed by atoms with Crippen LogP contribution in [-0.4, -0.2) is 30.6 Å². The van der Waals surface area contributed by atoms with E-state index in [-0.39, 0.29) is 10.3 Å². The molecule has 0 aromatic heterocycles. The van der Waals surface area contributed by atoms with Crippen LogP contribution < -0.4 is 5.73 Å². The number of fused-ring (bicyclic) bond motifs is 1. The molecule has 1 aromatic carbocycles. The van der Waals surface area contributed by atoms with Crippen LogP contribution in [0.25, 0.3) is 0 Å². The highest BCUT2D eigenvalue weighted by molar-refractivity contribution is 7.85. The predicted molar refractivity (Wildman–Crippen MR) is 92.4 cm³/mol. The summed E-state index contributed by atoms with van der Waals surface area (Å²) in [7, 11) is -4.00. The van der Waals surface area contributed by atoms with Gasteiger partial charge in [0.05, 0.1) is 11.3 Å². The van der Waals surface area contributed by atoms with E-state index >= 15 is 0 Å². The Bertz CT molecular complexity index is 727. The number of hydrogen-bond donors (Lipinski definition) is 3. The first-order valence-electron chi connectivity index (χ1n) is 8.72. The number of carboxylic acids is 1. The topological polar surface area (TPSA) is 118 Å². The van der Waals surface area contributed by atoms with Crippen LogP contribution in [0.1, 0.15) is 32.1 Å². The number of carboxylic acid groups (broad SMARTS) is 1. The molecule has 2 bridgehead atoms. The van der Waals surface area contributed by atoms with E-state index in [1.165, 1.54) is 37.8 Å². The maximum absolute atomic E-state index is 11.0. The van der Waals surface area contributed by atoms with Crippen molar-refractivity contribution in [2.75, 3.05) is 6.54 Å². The fourth-order valence-corrected chi connectivity index (χ4v) is 6.03. The van der Waals surface area contributed by atoms with Crippen molar-refractivity contribution < 1.29 is 22.9 Å². The lowest BCUT2D eigenvalue weighted by molar-refractivity contribution is -0.156. The number of nitrogens with two attached hydrogens (primary N) is 1. The molecule has 4 N–H and O–H groups in total. The van der Waals surface area contributed by atoms with Crippen LogP contribution in [0.2, 0.25) is 0 Å². The van der Waals surface area contributed by atoms with E-state index in [9.17, 15) is 13.2 Å². The lowest BCUT2D eigenvalue weighted by Gasteiger charge is -2.59. The van der Waals surface area contributed by atoms with Crippen LogP contribution in [0.15, 0.2) is 35.2 Å². The van der Waals surface area contributed by atoms with Gasteiger partial charge in [-0.15, -0.1) is 0 Å². The molecule has 0 heterocycles. The Kier molecular flexibility index (Phi) is 4.92. The Morgan fingerprint density at radius 2 is 1.84 bits per heavy atom. The van der Waals surface area contributed by atoms with Gasteiger partial charge in [-0.2, -0.15) is 8.42 Å². The summed E-state index contributed by atoms with van der Waals surface area (Å²) in [6.45, 7) is 0.581. The van der Waals surface area contributed by atoms with E-state index in [4.69, 9.17) is 15.4 Å². The van der Waals surface area contributed by atoms with Crippen molar-refractivity contribution in [3.05, 3.63) is 30.3 Å². The Hall–Kier alpha value is -1.44. The minimum Gasteiger partial charge on any atom is -0.481 e. The SMILES string of the molecule is NC[C@]1(CC(=O)O)[C@@H]2C[C@@H]3CC[C@H]1[C@H]2C3.O=S(=O)(O)c1ccccc1. The Morgan fingerprint density at radius 3 is 2.36 bits per heavy atom. The molecule has 6 nitrogen and oxygen atoms in total. The van der Waals surface area contributed by atoms with Crippen LogP contribution in [0.4, 0.5) is 0 Å². The Labute approximate surface area is 148 Å². The standard InChI is InChI=1S/C12H19NO2.C6H6O3S/c13-6-12(5-11(14)15)9-2-1-7-3-8(9)10(12)4-7;7-10(8,9)6-4-2-1-3-5-6/h7-10H,1-6,13H2,(H,14,15);1-5H,(H,7,8,9)/t7-,8-,9+,10-,12+;/m1./s1. The number of benzene rings is 1. The van der Waals surface area contributed by atoms with Gasteiger partial charge in [-0.05, 0) is 67.0 Å². The fraction of sp³-hybridized carbons (Fsp3) is 0.611. The van der Waals surface area contributed by atoms with Gasteiger partial charge in [0.15, 0.2) is 0 Å². The first-order chi connectivity index (χ1) is 11.8. The smallest absolute Gasteiger partial charge is 0.303 e. The molecule has 3 saturated carbocycles. The van der Waals surface area contributed by atoms with Crippen LogP contribution in [0, 0.1) is 29.1 Å². The van der Waals surface area contributed by atoms with E-state index in [0.29, 0.717) is 24.8 Å². The first-order valence-corrected chi connectivity index (χ1v) is 10.2. The maximum Gasteiger partial charge on any atom is 0.303 e. The molecule has 4 rings (SSSR count). The van der Waals surface area contributed by atoms with Crippen molar-refractivity contribution in [2.45, 2.75) is 37.0 Å². The highest BCUT2D eigenvalue weighted by atomic mass is 32.2. The molecule has 0 radical (unpaired) electrons. The van der Waals surface area contributed by atoms with Crippen LogP contribution >= 0.6 is 0 Å². The highest BCUT2D eigenvalue weighted by Gasteiger charge is 2.65. The fourth-order valence-electron chi connectivity index (χ4n) is 5.53. The molecular formula is C18H25NO5S. The molecular weight excluding hydrogens is 342 g/mol. The summed E-state index contributed by atoms with van der Waals surface area (Å²) < 4.78 is 29.2. The van der Waals surface area contributed by atoms with Gasteiger partial charge in [0.1, 0.15) is 0 Å². The van der Waals surface area contributed by atoms with Gasteiger partial charge in [-0.3, -0.25) is 9.35 Å². The molecule has 0 spiro atoms. The van der Waals surface area contributed by atoms with E-state index in [1.54, 1.807) is 18.2 Å². The van der Waals surface area contributed by atoms with Gasteiger partial charge < -0.3 is 10.8 Å². The van der Waals surface area contributed by atoms with Crippen molar-refractivity contribution in [3.8, 4) is 0 Å². The third-order valence-corrected chi connectivity index (χ3v) is 7.36. The summed E-state index contributed by atoms with van der Waals surface area (Å²) in [6.07, 6.45) is 5.47. The molecule has 1 aromatic rings. The normalized spacial score (nSPS) is 35.3. The largest absolute Gasteiger partial charge is 0.481 e. The zero-order valence-corrected chi connectivity index (χ0v) is 14.9. The van der Waals surface area contributed by atoms with Gasteiger partial charge in [0.2, 0.25) is 0 Å². The number of carbonyl (C=O) groups is 1. The molecule has 5 atom stereocenters.